The Balaban J connectivity index is 1.69. The Bertz CT molecular complexity index is 1180. The predicted octanol–water partition coefficient (Wildman–Crippen LogP) is 4.73. The highest BCUT2D eigenvalue weighted by atomic mass is 35.5. The van der Waals surface area contributed by atoms with Crippen molar-refractivity contribution in [1.82, 2.24) is 5.32 Å². The molecule has 34 heavy (non-hydrogen) atoms. The van der Waals surface area contributed by atoms with Crippen LogP contribution in [0.25, 0.3) is 6.08 Å². The second-order valence-electron chi connectivity index (χ2n) is 7.52. The summed E-state index contributed by atoms with van der Waals surface area (Å²) < 4.78 is 33.1. The van der Waals surface area contributed by atoms with Crippen molar-refractivity contribution in [3.05, 3.63) is 95.0 Å². The van der Waals surface area contributed by atoms with Crippen molar-refractivity contribution in [2.24, 2.45) is 0 Å². The Hall–Kier alpha value is -2.84. The first kappa shape index (κ1) is 25.8. The van der Waals surface area contributed by atoms with Gasteiger partial charge in [0.1, 0.15) is 5.75 Å². The molecule has 6 nitrogen and oxygen atoms in total. The number of para-hydroxylation sites is 1. The third-order valence-corrected chi connectivity index (χ3v) is 7.27. The summed E-state index contributed by atoms with van der Waals surface area (Å²) in [5.74, 6) is 0.572. The molecule has 3 rings (SSSR count). The maximum absolute atomic E-state index is 13.4. The van der Waals surface area contributed by atoms with Gasteiger partial charge in [0.25, 0.3) is 10.0 Å². The number of aliphatic hydroxyl groups excluding tert-OH is 1. The molecule has 0 atom stereocenters. The molecule has 0 heterocycles. The molecule has 3 aromatic rings. The molecule has 0 amide bonds. The third kappa shape index (κ3) is 6.84. The minimum atomic E-state index is -3.87. The molecule has 0 aromatic heterocycles. The first-order valence-corrected chi connectivity index (χ1v) is 12.8. The molecule has 0 saturated carbocycles. The first-order chi connectivity index (χ1) is 16.5. The number of benzene rings is 3. The van der Waals surface area contributed by atoms with Crippen LogP contribution in [0.15, 0.2) is 83.8 Å². The quantitative estimate of drug-likeness (QED) is 0.351. The van der Waals surface area contributed by atoms with Gasteiger partial charge in [-0.1, -0.05) is 54.1 Å². The van der Waals surface area contributed by atoms with Crippen LogP contribution in [-0.4, -0.2) is 40.3 Å². The maximum Gasteiger partial charge on any atom is 0.264 e. The van der Waals surface area contributed by atoms with Gasteiger partial charge in [0.15, 0.2) is 0 Å². The molecular weight excluding hydrogens is 472 g/mol. The van der Waals surface area contributed by atoms with Crippen molar-refractivity contribution in [2.45, 2.75) is 17.9 Å². The van der Waals surface area contributed by atoms with Crippen LogP contribution in [0.4, 0.5) is 5.69 Å². The summed E-state index contributed by atoms with van der Waals surface area (Å²) in [5, 5.41) is 13.7. The maximum atomic E-state index is 13.4. The molecular formula is C26H29ClN2O4S. The number of halogens is 1. The number of anilines is 1. The van der Waals surface area contributed by atoms with Crippen LogP contribution in [0.1, 0.15) is 17.5 Å². The zero-order valence-corrected chi connectivity index (χ0v) is 20.6. The van der Waals surface area contributed by atoms with E-state index in [-0.39, 0.29) is 18.0 Å². The summed E-state index contributed by atoms with van der Waals surface area (Å²) in [6, 6.07) is 21.2. The van der Waals surface area contributed by atoms with Crippen LogP contribution in [0, 0.1) is 0 Å². The summed E-state index contributed by atoms with van der Waals surface area (Å²) in [6.07, 6.45) is 4.93. The Morgan fingerprint density at radius 3 is 2.41 bits per heavy atom. The molecule has 0 aliphatic heterocycles. The van der Waals surface area contributed by atoms with Gasteiger partial charge in [-0.05, 0) is 66.6 Å². The SMILES string of the molecule is COc1ccc(S(=O)(=O)N(CCO)c2ccccc2CNCC/C=C/c2ccc(Cl)cc2)cc1. The fourth-order valence-corrected chi connectivity index (χ4v) is 5.06. The number of hydrogen-bond acceptors (Lipinski definition) is 5. The minimum absolute atomic E-state index is 0.0464. The van der Waals surface area contributed by atoms with E-state index >= 15 is 0 Å². The van der Waals surface area contributed by atoms with Crippen molar-refractivity contribution >= 4 is 33.4 Å². The molecule has 0 unspecified atom stereocenters. The predicted molar refractivity (Wildman–Crippen MR) is 138 cm³/mol. The van der Waals surface area contributed by atoms with Crippen LogP contribution in [0.5, 0.6) is 5.75 Å². The normalized spacial score (nSPS) is 11.6. The number of nitrogens with one attached hydrogen (secondary N) is 1. The van der Waals surface area contributed by atoms with Gasteiger partial charge < -0.3 is 15.2 Å². The molecule has 0 saturated heterocycles. The van der Waals surface area contributed by atoms with Gasteiger partial charge in [-0.2, -0.15) is 0 Å². The van der Waals surface area contributed by atoms with Gasteiger partial charge in [-0.25, -0.2) is 8.42 Å². The number of sulfonamides is 1. The van der Waals surface area contributed by atoms with E-state index in [0.29, 0.717) is 23.0 Å². The van der Waals surface area contributed by atoms with E-state index in [1.54, 1.807) is 24.3 Å². The summed E-state index contributed by atoms with van der Waals surface area (Å²) in [6.45, 7) is 0.872. The zero-order chi connectivity index (χ0) is 24.4. The van der Waals surface area contributed by atoms with Crippen molar-refractivity contribution in [1.29, 1.82) is 0 Å². The fourth-order valence-electron chi connectivity index (χ4n) is 3.44. The topological polar surface area (TPSA) is 78.9 Å². The highest BCUT2D eigenvalue weighted by Crippen LogP contribution is 2.28. The molecule has 0 bridgehead atoms. The lowest BCUT2D eigenvalue weighted by Gasteiger charge is -2.26. The number of methoxy groups -OCH3 is 1. The van der Waals surface area contributed by atoms with E-state index in [4.69, 9.17) is 16.3 Å². The van der Waals surface area contributed by atoms with Crippen molar-refractivity contribution < 1.29 is 18.3 Å². The van der Waals surface area contributed by atoms with Gasteiger partial charge in [-0.15, -0.1) is 0 Å². The van der Waals surface area contributed by atoms with Gasteiger partial charge >= 0.3 is 0 Å². The number of rotatable bonds is 12. The third-order valence-electron chi connectivity index (χ3n) is 5.19. The number of hydrogen-bond donors (Lipinski definition) is 2. The van der Waals surface area contributed by atoms with Crippen LogP contribution in [0.2, 0.25) is 5.02 Å². The molecule has 3 aromatic carbocycles. The largest absolute Gasteiger partial charge is 0.497 e. The summed E-state index contributed by atoms with van der Waals surface area (Å²) in [5.41, 5.74) is 2.45. The van der Waals surface area contributed by atoms with E-state index in [1.807, 2.05) is 42.5 Å². The standard InChI is InChI=1S/C26H29ClN2O4S/c1-33-24-13-15-25(16-14-24)34(31,32)29(18-19-30)26-8-3-2-7-22(26)20-28-17-5-4-6-21-9-11-23(27)12-10-21/h2-4,6-16,28,30H,5,17-20H2,1H3/b6-4+. The molecule has 0 spiro atoms. The molecule has 0 aliphatic carbocycles. The number of nitrogens with zero attached hydrogens (tertiary/aromatic N) is 1. The Morgan fingerprint density at radius 1 is 1.03 bits per heavy atom. The number of ether oxygens (including phenoxy) is 1. The molecule has 0 aliphatic rings. The molecule has 180 valence electrons. The zero-order valence-electron chi connectivity index (χ0n) is 19.0. The molecule has 0 radical (unpaired) electrons. The van der Waals surface area contributed by atoms with Crippen LogP contribution < -0.4 is 14.4 Å². The summed E-state index contributed by atoms with van der Waals surface area (Å²) in [7, 11) is -2.34. The molecule has 0 fully saturated rings. The lowest BCUT2D eigenvalue weighted by Crippen LogP contribution is -2.34. The van der Waals surface area contributed by atoms with Crippen LogP contribution in [0.3, 0.4) is 0 Å². The van der Waals surface area contributed by atoms with E-state index < -0.39 is 10.0 Å². The minimum Gasteiger partial charge on any atom is -0.497 e. The molecule has 2 N–H and O–H groups in total. The van der Waals surface area contributed by atoms with Gasteiger partial charge in [0.05, 0.1) is 30.8 Å². The molecule has 8 heteroatoms. The average Bonchev–Trinajstić information content (AvgIpc) is 2.86. The van der Waals surface area contributed by atoms with Gasteiger partial charge in [0.2, 0.25) is 0 Å². The van der Waals surface area contributed by atoms with Crippen LogP contribution in [-0.2, 0) is 16.6 Å². The van der Waals surface area contributed by atoms with Crippen molar-refractivity contribution in [3.8, 4) is 5.75 Å². The summed E-state index contributed by atoms with van der Waals surface area (Å²) in [4.78, 5) is 0.136. The van der Waals surface area contributed by atoms with E-state index in [2.05, 4.69) is 11.4 Å². The van der Waals surface area contributed by atoms with Crippen molar-refractivity contribution in [3.63, 3.8) is 0 Å². The highest BCUT2D eigenvalue weighted by molar-refractivity contribution is 7.92. The lowest BCUT2D eigenvalue weighted by atomic mass is 10.1. The first-order valence-electron chi connectivity index (χ1n) is 10.9. The second-order valence-corrected chi connectivity index (χ2v) is 9.82. The second kappa shape index (κ2) is 12.6. The van der Waals surface area contributed by atoms with Gasteiger partial charge in [-0.3, -0.25) is 4.31 Å². The Kier molecular flexibility index (Phi) is 9.53. The average molecular weight is 501 g/mol. The fraction of sp³-hybridized carbons (Fsp3) is 0.231. The smallest absolute Gasteiger partial charge is 0.264 e. The Morgan fingerprint density at radius 2 is 1.74 bits per heavy atom. The van der Waals surface area contributed by atoms with Crippen molar-refractivity contribution in [2.75, 3.05) is 31.1 Å². The summed E-state index contributed by atoms with van der Waals surface area (Å²) >= 11 is 5.91. The van der Waals surface area contributed by atoms with Gasteiger partial charge in [0, 0.05) is 11.6 Å². The lowest BCUT2D eigenvalue weighted by molar-refractivity contribution is 0.306. The van der Waals surface area contributed by atoms with E-state index in [1.165, 1.54) is 23.5 Å². The van der Waals surface area contributed by atoms with Crippen LogP contribution >= 0.6 is 11.6 Å². The monoisotopic (exact) mass is 500 g/mol. The van der Waals surface area contributed by atoms with E-state index in [9.17, 15) is 13.5 Å². The van der Waals surface area contributed by atoms with E-state index in [0.717, 1.165) is 24.1 Å². The highest BCUT2D eigenvalue weighted by Gasteiger charge is 2.26. The Labute approximate surface area is 206 Å². The number of aliphatic hydroxyl groups is 1.